The molecule has 3 heterocycles. The molecular formula is C25H21ClN4O2. The number of amides is 1. The Labute approximate surface area is 189 Å². The summed E-state index contributed by atoms with van der Waals surface area (Å²) >= 11 is 6.29. The van der Waals surface area contributed by atoms with Crippen LogP contribution in [0.1, 0.15) is 24.2 Å². The Balaban J connectivity index is 1.42. The average molecular weight is 445 g/mol. The molecule has 6 nitrogen and oxygen atoms in total. The second-order valence-electron chi connectivity index (χ2n) is 7.78. The zero-order valence-corrected chi connectivity index (χ0v) is 18.2. The summed E-state index contributed by atoms with van der Waals surface area (Å²) in [4.78, 5) is 20.7. The molecule has 5 aromatic rings. The number of pyridine rings is 1. The van der Waals surface area contributed by atoms with Gasteiger partial charge in [-0.2, -0.15) is 0 Å². The number of rotatable bonds is 6. The van der Waals surface area contributed by atoms with Gasteiger partial charge in [0.25, 0.3) is 0 Å². The van der Waals surface area contributed by atoms with Gasteiger partial charge in [-0.25, -0.2) is 4.98 Å². The summed E-state index contributed by atoms with van der Waals surface area (Å²) in [5.41, 5.74) is 4.87. The summed E-state index contributed by atoms with van der Waals surface area (Å²) in [5.74, 6) is 0.998. The van der Waals surface area contributed by atoms with Crippen LogP contribution in [-0.2, 0) is 11.2 Å². The van der Waals surface area contributed by atoms with E-state index >= 15 is 0 Å². The van der Waals surface area contributed by atoms with Crippen molar-refractivity contribution in [1.82, 2.24) is 15.1 Å². The van der Waals surface area contributed by atoms with E-state index in [4.69, 9.17) is 21.1 Å². The van der Waals surface area contributed by atoms with E-state index in [-0.39, 0.29) is 5.91 Å². The monoisotopic (exact) mass is 444 g/mol. The van der Waals surface area contributed by atoms with Crippen LogP contribution in [0.4, 0.5) is 5.82 Å². The summed E-state index contributed by atoms with van der Waals surface area (Å²) in [5, 5.41) is 9.40. The van der Waals surface area contributed by atoms with Gasteiger partial charge in [-0.3, -0.25) is 4.79 Å². The first-order chi connectivity index (χ1) is 15.6. The molecule has 0 fully saturated rings. The maximum atomic E-state index is 12.3. The topological polar surface area (TPSA) is 83.8 Å². The predicted molar refractivity (Wildman–Crippen MR) is 127 cm³/mol. The van der Waals surface area contributed by atoms with Crippen molar-refractivity contribution in [3.05, 3.63) is 77.0 Å². The van der Waals surface area contributed by atoms with E-state index in [9.17, 15) is 4.79 Å². The number of benzene rings is 2. The van der Waals surface area contributed by atoms with Gasteiger partial charge in [0.2, 0.25) is 5.91 Å². The van der Waals surface area contributed by atoms with Gasteiger partial charge >= 0.3 is 0 Å². The molecule has 0 spiro atoms. The Kier molecular flexibility index (Phi) is 5.37. The summed E-state index contributed by atoms with van der Waals surface area (Å²) in [6, 6.07) is 19.7. The Hall–Kier alpha value is -3.64. The number of hydrogen-bond donors (Lipinski definition) is 2. The Morgan fingerprint density at radius 3 is 2.84 bits per heavy atom. The fraction of sp³-hybridized carbons (Fsp3) is 0.160. The molecule has 0 aliphatic carbocycles. The summed E-state index contributed by atoms with van der Waals surface area (Å²) in [6.07, 6.45) is 1.74. The highest BCUT2D eigenvalue weighted by Crippen LogP contribution is 2.33. The number of anilines is 1. The molecule has 1 amide bonds. The van der Waals surface area contributed by atoms with Crippen molar-refractivity contribution >= 4 is 45.1 Å². The molecule has 0 bridgehead atoms. The summed E-state index contributed by atoms with van der Waals surface area (Å²) in [7, 11) is 0. The van der Waals surface area contributed by atoms with Gasteiger partial charge in [-0.15, -0.1) is 0 Å². The number of carbonyl (C=O) groups is 1. The third-order valence-electron chi connectivity index (χ3n) is 5.45. The molecule has 32 heavy (non-hydrogen) atoms. The maximum absolute atomic E-state index is 12.3. The fourth-order valence-electron chi connectivity index (χ4n) is 3.96. The van der Waals surface area contributed by atoms with Crippen LogP contribution in [0, 0.1) is 6.92 Å². The van der Waals surface area contributed by atoms with E-state index in [1.807, 2.05) is 48.5 Å². The lowest BCUT2D eigenvalue weighted by molar-refractivity contribution is -0.116. The van der Waals surface area contributed by atoms with Crippen LogP contribution in [0.5, 0.6) is 0 Å². The van der Waals surface area contributed by atoms with Gasteiger partial charge in [-0.05, 0) is 55.7 Å². The molecule has 5 rings (SSSR count). The molecular weight excluding hydrogens is 424 g/mol. The zero-order chi connectivity index (χ0) is 22.1. The second kappa shape index (κ2) is 8.48. The standard InChI is InChI=1S/C25H21ClN4O2/c1-15-13-23(30-32-15)29-24(31)8-4-6-18-19-14-17(26)10-12-21(19)28-25(18)22-11-9-16-5-2-3-7-20(16)27-22/h2-3,5,7,9-14,28H,4,6,8H2,1H3,(H,29,30,31). The van der Waals surface area contributed by atoms with E-state index < -0.39 is 0 Å². The van der Waals surface area contributed by atoms with Crippen LogP contribution >= 0.6 is 11.6 Å². The molecule has 0 aliphatic rings. The van der Waals surface area contributed by atoms with E-state index in [2.05, 4.69) is 21.5 Å². The second-order valence-corrected chi connectivity index (χ2v) is 8.22. The number of halogens is 1. The quantitative estimate of drug-likeness (QED) is 0.322. The van der Waals surface area contributed by atoms with Crippen molar-refractivity contribution in [2.75, 3.05) is 5.32 Å². The van der Waals surface area contributed by atoms with Crippen LogP contribution in [0.3, 0.4) is 0 Å². The Bertz CT molecular complexity index is 1440. The lowest BCUT2D eigenvalue weighted by Crippen LogP contribution is -2.11. The molecule has 0 aliphatic heterocycles. The van der Waals surface area contributed by atoms with Gasteiger partial charge in [0.15, 0.2) is 5.82 Å². The number of nitrogens with zero attached hydrogens (tertiary/aromatic N) is 2. The minimum absolute atomic E-state index is 0.0958. The normalized spacial score (nSPS) is 11.3. The molecule has 2 aromatic carbocycles. The predicted octanol–water partition coefficient (Wildman–Crippen LogP) is 6.29. The van der Waals surface area contributed by atoms with E-state index in [0.717, 1.165) is 38.8 Å². The maximum Gasteiger partial charge on any atom is 0.225 e. The van der Waals surface area contributed by atoms with Crippen molar-refractivity contribution in [1.29, 1.82) is 0 Å². The van der Waals surface area contributed by atoms with Crippen molar-refractivity contribution in [2.24, 2.45) is 0 Å². The Morgan fingerprint density at radius 1 is 1.12 bits per heavy atom. The highest BCUT2D eigenvalue weighted by molar-refractivity contribution is 6.31. The first kappa shape index (κ1) is 20.3. The number of hydrogen-bond acceptors (Lipinski definition) is 4. The number of fused-ring (bicyclic) bond motifs is 2. The van der Waals surface area contributed by atoms with Crippen molar-refractivity contribution in [2.45, 2.75) is 26.2 Å². The third-order valence-corrected chi connectivity index (χ3v) is 5.68. The molecule has 0 radical (unpaired) electrons. The van der Waals surface area contributed by atoms with Gasteiger partial charge < -0.3 is 14.8 Å². The average Bonchev–Trinajstić information content (AvgIpc) is 3.36. The first-order valence-corrected chi connectivity index (χ1v) is 10.8. The third kappa shape index (κ3) is 4.09. The number of aromatic amines is 1. The lowest BCUT2D eigenvalue weighted by atomic mass is 10.0. The van der Waals surface area contributed by atoms with Crippen LogP contribution in [0.15, 0.2) is 65.2 Å². The molecule has 7 heteroatoms. The number of nitrogens with one attached hydrogen (secondary N) is 2. The number of para-hydroxylation sites is 1. The number of carbonyl (C=O) groups excluding carboxylic acids is 1. The number of aromatic nitrogens is 3. The number of H-pyrrole nitrogens is 1. The molecule has 0 saturated carbocycles. The minimum atomic E-state index is -0.0958. The summed E-state index contributed by atoms with van der Waals surface area (Å²) in [6.45, 7) is 1.78. The smallest absolute Gasteiger partial charge is 0.225 e. The highest BCUT2D eigenvalue weighted by Gasteiger charge is 2.16. The first-order valence-electron chi connectivity index (χ1n) is 10.5. The molecule has 2 N–H and O–H groups in total. The highest BCUT2D eigenvalue weighted by atomic mass is 35.5. The number of aryl methyl sites for hydroxylation is 2. The fourth-order valence-corrected chi connectivity index (χ4v) is 4.13. The molecule has 0 atom stereocenters. The van der Waals surface area contributed by atoms with Crippen molar-refractivity contribution in [3.63, 3.8) is 0 Å². The Morgan fingerprint density at radius 2 is 2.00 bits per heavy atom. The van der Waals surface area contributed by atoms with Gasteiger partial charge in [0.1, 0.15) is 5.76 Å². The van der Waals surface area contributed by atoms with Crippen molar-refractivity contribution < 1.29 is 9.32 Å². The van der Waals surface area contributed by atoms with Crippen LogP contribution in [0.25, 0.3) is 33.2 Å². The molecule has 0 saturated heterocycles. The summed E-state index contributed by atoms with van der Waals surface area (Å²) < 4.78 is 5.00. The van der Waals surface area contributed by atoms with Gasteiger partial charge in [0, 0.05) is 33.8 Å². The van der Waals surface area contributed by atoms with E-state index in [1.54, 1.807) is 13.0 Å². The molecule has 0 unspecified atom stereocenters. The molecule has 160 valence electrons. The van der Waals surface area contributed by atoms with Crippen LogP contribution in [-0.4, -0.2) is 21.0 Å². The zero-order valence-electron chi connectivity index (χ0n) is 17.5. The molecule has 3 aromatic heterocycles. The largest absolute Gasteiger partial charge is 0.360 e. The minimum Gasteiger partial charge on any atom is -0.360 e. The van der Waals surface area contributed by atoms with Crippen LogP contribution < -0.4 is 5.32 Å². The van der Waals surface area contributed by atoms with Crippen molar-refractivity contribution in [3.8, 4) is 11.4 Å². The van der Waals surface area contributed by atoms with E-state index in [0.29, 0.717) is 35.9 Å². The van der Waals surface area contributed by atoms with Gasteiger partial charge in [-0.1, -0.05) is 41.0 Å². The van der Waals surface area contributed by atoms with Gasteiger partial charge in [0.05, 0.1) is 16.9 Å². The van der Waals surface area contributed by atoms with E-state index in [1.165, 1.54) is 0 Å². The SMILES string of the molecule is Cc1cc(NC(=O)CCCc2c(-c3ccc4ccccc4n3)[nH]c3ccc(Cl)cc23)no1. The van der Waals surface area contributed by atoms with Crippen LogP contribution in [0.2, 0.25) is 5.02 Å². The lowest BCUT2D eigenvalue weighted by Gasteiger charge is -2.07.